The van der Waals surface area contributed by atoms with Crippen molar-refractivity contribution in [3.63, 3.8) is 0 Å². The average Bonchev–Trinajstić information content (AvgIpc) is 3.76. The van der Waals surface area contributed by atoms with E-state index in [0.717, 1.165) is 61.1 Å². The fraction of sp³-hybridized carbons (Fsp3) is 0.0667. The molecular formula is C45H32N2. The Morgan fingerprint density at radius 3 is 1.66 bits per heavy atom. The van der Waals surface area contributed by atoms with Gasteiger partial charge in [0.2, 0.25) is 0 Å². The summed E-state index contributed by atoms with van der Waals surface area (Å²) in [5.41, 5.74) is 11.5. The fourth-order valence-electron chi connectivity index (χ4n) is 8.13. The second-order valence-corrected chi connectivity index (χ2v) is 12.9. The van der Waals surface area contributed by atoms with Crippen LogP contribution in [0.25, 0.3) is 77.2 Å². The summed E-state index contributed by atoms with van der Waals surface area (Å²) in [7, 11) is 0. The van der Waals surface area contributed by atoms with E-state index in [1.165, 1.54) is 27.3 Å². The summed E-state index contributed by atoms with van der Waals surface area (Å²) in [5.74, 6) is 0. The molecule has 222 valence electrons. The molecule has 47 heavy (non-hydrogen) atoms. The second-order valence-electron chi connectivity index (χ2n) is 12.9. The zero-order chi connectivity index (χ0) is 33.8. The Morgan fingerprint density at radius 2 is 0.979 bits per heavy atom. The van der Waals surface area contributed by atoms with Crippen molar-refractivity contribution >= 4 is 43.6 Å². The molecule has 1 aliphatic carbocycles. The first-order valence-corrected chi connectivity index (χ1v) is 16.2. The Labute approximate surface area is 278 Å². The summed E-state index contributed by atoms with van der Waals surface area (Å²) in [4.78, 5) is 0. The van der Waals surface area contributed by atoms with Gasteiger partial charge in [0, 0.05) is 42.4 Å². The van der Waals surface area contributed by atoms with E-state index >= 15 is 0 Å². The van der Waals surface area contributed by atoms with Crippen LogP contribution in [-0.2, 0) is 5.41 Å². The maximum absolute atomic E-state index is 8.71. The van der Waals surface area contributed by atoms with Crippen molar-refractivity contribution in [2.45, 2.75) is 19.2 Å². The van der Waals surface area contributed by atoms with Crippen LogP contribution in [0.3, 0.4) is 0 Å². The molecule has 0 fully saturated rings. The lowest BCUT2D eigenvalue weighted by Gasteiger charge is -2.22. The molecule has 0 radical (unpaired) electrons. The number of benzene rings is 7. The normalized spacial score (nSPS) is 16.7. The summed E-state index contributed by atoms with van der Waals surface area (Å²) in [6, 6.07) is 55.4. The third kappa shape index (κ3) is 3.61. The smallest absolute Gasteiger partial charge is 0.0548 e. The van der Waals surface area contributed by atoms with Gasteiger partial charge in [0.15, 0.2) is 0 Å². The first-order valence-electron chi connectivity index (χ1n) is 17.7. The largest absolute Gasteiger partial charge is 0.309 e. The predicted octanol–water partition coefficient (Wildman–Crippen LogP) is 11.9. The van der Waals surface area contributed by atoms with Gasteiger partial charge >= 0.3 is 0 Å². The van der Waals surface area contributed by atoms with Crippen molar-refractivity contribution in [1.29, 1.82) is 0 Å². The maximum atomic E-state index is 8.71. The van der Waals surface area contributed by atoms with Crippen molar-refractivity contribution < 1.29 is 4.11 Å². The van der Waals surface area contributed by atoms with Crippen LogP contribution < -0.4 is 0 Å². The minimum absolute atomic E-state index is 0.846. The molecule has 2 nitrogen and oxygen atoms in total. The lowest BCUT2D eigenvalue weighted by Crippen LogP contribution is -2.15. The number of aromatic nitrogens is 2. The van der Waals surface area contributed by atoms with Gasteiger partial charge in [-0.25, -0.2) is 0 Å². The van der Waals surface area contributed by atoms with Gasteiger partial charge in [-0.1, -0.05) is 123 Å². The topological polar surface area (TPSA) is 9.86 Å². The molecule has 0 amide bonds. The molecule has 10 rings (SSSR count). The highest BCUT2D eigenvalue weighted by molar-refractivity contribution is 6.28. The zero-order valence-corrected chi connectivity index (χ0v) is 25.9. The van der Waals surface area contributed by atoms with Gasteiger partial charge in [0.25, 0.3) is 0 Å². The second kappa shape index (κ2) is 9.57. The van der Waals surface area contributed by atoms with Crippen LogP contribution in [0.15, 0.2) is 158 Å². The Bertz CT molecular complexity index is 2800. The molecule has 1 unspecified atom stereocenters. The molecule has 0 aliphatic heterocycles. The summed E-state index contributed by atoms with van der Waals surface area (Å²) < 4.78 is 30.8. The molecule has 0 spiro atoms. The van der Waals surface area contributed by atoms with Crippen LogP contribution in [0, 0.1) is 0 Å². The van der Waals surface area contributed by atoms with Gasteiger partial charge < -0.3 is 9.13 Å². The molecule has 0 saturated heterocycles. The minimum Gasteiger partial charge on any atom is -0.309 e. The number of hydrogen-bond acceptors (Lipinski definition) is 0. The van der Waals surface area contributed by atoms with Crippen LogP contribution in [0.5, 0.6) is 0 Å². The average molecular weight is 604 g/mol. The number of para-hydroxylation sites is 2. The molecule has 1 atom stereocenters. The van der Waals surface area contributed by atoms with Gasteiger partial charge in [-0.05, 0) is 81.9 Å². The first-order chi connectivity index (χ1) is 24.3. The quantitative estimate of drug-likeness (QED) is 0.190. The molecule has 2 heteroatoms. The number of hydrogen-bond donors (Lipinski definition) is 0. The molecule has 9 aromatic rings. The van der Waals surface area contributed by atoms with Gasteiger partial charge in [0.1, 0.15) is 0 Å². The predicted molar refractivity (Wildman–Crippen MR) is 198 cm³/mol. The first kappa shape index (κ1) is 23.5. The van der Waals surface area contributed by atoms with Crippen LogP contribution >= 0.6 is 0 Å². The van der Waals surface area contributed by atoms with Crippen LogP contribution in [0.2, 0.25) is 0 Å². The maximum Gasteiger partial charge on any atom is 0.0548 e. The molecule has 0 N–H and O–H groups in total. The van der Waals surface area contributed by atoms with Gasteiger partial charge in [-0.3, -0.25) is 0 Å². The van der Waals surface area contributed by atoms with E-state index in [1.807, 2.05) is 37.3 Å². The number of fused-ring (bicyclic) bond motifs is 10. The van der Waals surface area contributed by atoms with Crippen LogP contribution in [0.1, 0.15) is 29.0 Å². The van der Waals surface area contributed by atoms with Crippen molar-refractivity contribution in [2.24, 2.45) is 0 Å². The van der Waals surface area contributed by atoms with Gasteiger partial charge in [0.05, 0.1) is 22.1 Å². The number of rotatable bonds is 3. The Morgan fingerprint density at radius 1 is 0.447 bits per heavy atom. The van der Waals surface area contributed by atoms with E-state index < -0.39 is 12.3 Å². The molecule has 1 aliphatic rings. The summed E-state index contributed by atoms with van der Waals surface area (Å²) in [6.07, 6.45) is 0. The molecule has 2 aromatic heterocycles. The Kier molecular flexibility index (Phi) is 4.78. The lowest BCUT2D eigenvalue weighted by molar-refractivity contribution is 0.660. The van der Waals surface area contributed by atoms with Crippen LogP contribution in [0.4, 0.5) is 0 Å². The third-order valence-corrected chi connectivity index (χ3v) is 10.3. The highest BCUT2D eigenvalue weighted by Gasteiger charge is 2.35. The molecule has 0 saturated carbocycles. The Balaban J connectivity index is 1.24. The third-order valence-electron chi connectivity index (χ3n) is 10.3. The molecule has 0 bridgehead atoms. The standard InChI is InChI=1S/C45H32N2/c1-45(2)37-17-9-6-14-33(37)34-25-24-32(28-38(34)45)47-40-19-11-8-16-36(40)44-42(47)27-26-41-43(44)35-15-7-10-18-39(35)46(41)31-22-20-30(21-23-31)29-12-4-3-5-13-29/h3-28H,1-2H3/i1D3. The highest BCUT2D eigenvalue weighted by Crippen LogP contribution is 2.50. The zero-order valence-electron chi connectivity index (χ0n) is 28.9. The summed E-state index contributed by atoms with van der Waals surface area (Å²) >= 11 is 0. The SMILES string of the molecule is [2H]C([2H])([2H])C1(C)c2ccccc2-c2ccc(-n3c4ccccc4c4c5c6ccccc6n(-c6ccc(-c7ccccc7)cc6)c5ccc43)cc21. The lowest BCUT2D eigenvalue weighted by atomic mass is 9.82. The monoisotopic (exact) mass is 603 g/mol. The van der Waals surface area contributed by atoms with E-state index in [-0.39, 0.29) is 0 Å². The van der Waals surface area contributed by atoms with Crippen molar-refractivity contribution in [1.82, 2.24) is 9.13 Å². The highest BCUT2D eigenvalue weighted by atomic mass is 15.0. The van der Waals surface area contributed by atoms with E-state index in [0.29, 0.717) is 0 Å². The van der Waals surface area contributed by atoms with Gasteiger partial charge in [-0.2, -0.15) is 0 Å². The van der Waals surface area contributed by atoms with E-state index in [4.69, 9.17) is 4.11 Å². The Hall–Kier alpha value is -5.86. The van der Waals surface area contributed by atoms with Crippen molar-refractivity contribution in [3.8, 4) is 33.6 Å². The summed E-state index contributed by atoms with van der Waals surface area (Å²) in [5, 5.41) is 4.76. The van der Waals surface area contributed by atoms with Crippen molar-refractivity contribution in [2.75, 3.05) is 0 Å². The van der Waals surface area contributed by atoms with Gasteiger partial charge in [-0.15, -0.1) is 0 Å². The minimum atomic E-state index is -2.22. The molecule has 2 heterocycles. The molecule has 7 aromatic carbocycles. The van der Waals surface area contributed by atoms with Crippen LogP contribution in [-0.4, -0.2) is 9.13 Å². The fourth-order valence-corrected chi connectivity index (χ4v) is 8.13. The van der Waals surface area contributed by atoms with E-state index in [2.05, 4.69) is 137 Å². The van der Waals surface area contributed by atoms with E-state index in [9.17, 15) is 0 Å². The summed E-state index contributed by atoms with van der Waals surface area (Å²) in [6.45, 7) is -0.341. The number of nitrogens with zero attached hydrogens (tertiary/aromatic N) is 2. The van der Waals surface area contributed by atoms with E-state index in [1.54, 1.807) is 0 Å². The molecular weight excluding hydrogens is 569 g/mol. The van der Waals surface area contributed by atoms with Crippen molar-refractivity contribution in [3.05, 3.63) is 169 Å².